The van der Waals surface area contributed by atoms with E-state index in [1.165, 1.54) is 0 Å². The molecule has 0 spiro atoms. The van der Waals surface area contributed by atoms with Crippen molar-refractivity contribution in [1.29, 1.82) is 0 Å². The van der Waals surface area contributed by atoms with Crippen LogP contribution in [0.15, 0.2) is 60.0 Å². The number of carbonyl (C=O) groups is 1. The van der Waals surface area contributed by atoms with Crippen molar-refractivity contribution in [2.45, 2.75) is 38.3 Å². The number of likely N-dealkylation sites (tertiary alicyclic amines) is 1. The maximum atomic E-state index is 13.6. The van der Waals surface area contributed by atoms with Crippen LogP contribution in [0.4, 0.5) is 14.5 Å². The van der Waals surface area contributed by atoms with Crippen LogP contribution in [0.5, 0.6) is 0 Å². The molecule has 3 aliphatic heterocycles. The number of anilines is 1. The monoisotopic (exact) mass is 560 g/mol. The summed E-state index contributed by atoms with van der Waals surface area (Å²) >= 11 is 0. The molecule has 2 saturated heterocycles. The predicted octanol–water partition coefficient (Wildman–Crippen LogP) is 4.19. The maximum absolute atomic E-state index is 13.6. The number of rotatable bonds is 7. The van der Waals surface area contributed by atoms with Crippen molar-refractivity contribution in [3.63, 3.8) is 0 Å². The molecule has 0 radical (unpaired) electrons. The van der Waals surface area contributed by atoms with Crippen molar-refractivity contribution in [3.05, 3.63) is 77.4 Å². The number of nitrogens with zero attached hydrogens (tertiary/aromatic N) is 5. The molecule has 2 aromatic heterocycles. The molecule has 5 heterocycles. The van der Waals surface area contributed by atoms with Gasteiger partial charge in [-0.3, -0.25) is 29.6 Å². The summed E-state index contributed by atoms with van der Waals surface area (Å²) in [5, 5.41) is 2.97. The fourth-order valence-electron chi connectivity index (χ4n) is 5.56. The number of amides is 1. The minimum Gasteiger partial charge on any atom is -0.379 e. The van der Waals surface area contributed by atoms with E-state index < -0.39 is 5.92 Å². The molecule has 10 heteroatoms. The zero-order valence-electron chi connectivity index (χ0n) is 23.0. The first-order valence-corrected chi connectivity index (χ1v) is 14.2. The Labute approximate surface area is 238 Å². The van der Waals surface area contributed by atoms with Crippen LogP contribution in [-0.4, -0.2) is 83.2 Å². The van der Waals surface area contributed by atoms with Gasteiger partial charge in [0.25, 0.3) is 11.8 Å². The number of ether oxygens (including phenoxy) is 1. The van der Waals surface area contributed by atoms with Gasteiger partial charge in [0.2, 0.25) is 0 Å². The number of morpholine rings is 1. The molecule has 0 unspecified atom stereocenters. The van der Waals surface area contributed by atoms with Crippen LogP contribution in [0.2, 0.25) is 0 Å². The Balaban J connectivity index is 1.14. The largest absolute Gasteiger partial charge is 0.379 e. The highest BCUT2D eigenvalue weighted by molar-refractivity contribution is 6.49. The van der Waals surface area contributed by atoms with Crippen LogP contribution >= 0.6 is 0 Å². The van der Waals surface area contributed by atoms with Gasteiger partial charge in [-0.15, -0.1) is 0 Å². The van der Waals surface area contributed by atoms with Gasteiger partial charge < -0.3 is 10.1 Å². The third kappa shape index (κ3) is 6.83. The zero-order chi connectivity index (χ0) is 28.2. The number of benzene rings is 1. The SMILES string of the molecule is O=C(Nc1ccc(CN2CCOCC2)nc1)C1=NCCc2ccc(-c3cncc(CN4CCC(F)(F)CC4)c3)cc21. The van der Waals surface area contributed by atoms with Crippen LogP contribution in [0.1, 0.15) is 35.2 Å². The number of nitrogens with one attached hydrogen (secondary N) is 1. The van der Waals surface area contributed by atoms with Crippen molar-refractivity contribution in [2.75, 3.05) is 51.3 Å². The van der Waals surface area contributed by atoms with Crippen LogP contribution in [0, 0.1) is 0 Å². The number of piperidine rings is 1. The molecule has 2 fully saturated rings. The smallest absolute Gasteiger partial charge is 0.274 e. The average Bonchev–Trinajstić information content (AvgIpc) is 2.99. The highest BCUT2D eigenvalue weighted by atomic mass is 19.3. The van der Waals surface area contributed by atoms with E-state index in [9.17, 15) is 13.6 Å². The van der Waals surface area contributed by atoms with Gasteiger partial charge in [0.15, 0.2) is 0 Å². The molecule has 1 N–H and O–H groups in total. The maximum Gasteiger partial charge on any atom is 0.274 e. The van der Waals surface area contributed by atoms with Crippen molar-refractivity contribution < 1.29 is 18.3 Å². The Bertz CT molecular complexity index is 1410. The van der Waals surface area contributed by atoms with E-state index in [0.29, 0.717) is 37.6 Å². The molecule has 1 amide bonds. The van der Waals surface area contributed by atoms with Gasteiger partial charge in [-0.25, -0.2) is 8.78 Å². The molecule has 3 aliphatic rings. The molecule has 6 rings (SSSR count). The third-order valence-electron chi connectivity index (χ3n) is 7.93. The number of hydrogen-bond acceptors (Lipinski definition) is 7. The number of fused-ring (bicyclic) bond motifs is 1. The number of alkyl halides is 2. The molecule has 0 aliphatic carbocycles. The molecule has 214 valence electrons. The summed E-state index contributed by atoms with van der Waals surface area (Å²) in [6, 6.07) is 12.0. The van der Waals surface area contributed by atoms with Crippen molar-refractivity contribution >= 4 is 17.3 Å². The highest BCUT2D eigenvalue weighted by Gasteiger charge is 2.33. The second kappa shape index (κ2) is 12.1. The van der Waals surface area contributed by atoms with E-state index in [0.717, 1.165) is 72.8 Å². The van der Waals surface area contributed by atoms with E-state index in [1.54, 1.807) is 18.6 Å². The number of hydrogen-bond donors (Lipinski definition) is 1. The van der Waals surface area contributed by atoms with Gasteiger partial charge >= 0.3 is 0 Å². The zero-order valence-corrected chi connectivity index (χ0v) is 23.0. The summed E-state index contributed by atoms with van der Waals surface area (Å²) in [4.78, 5) is 31.2. The summed E-state index contributed by atoms with van der Waals surface area (Å²) in [6.07, 6.45) is 5.82. The number of halogens is 2. The lowest BCUT2D eigenvalue weighted by molar-refractivity contribution is -0.110. The fourth-order valence-corrected chi connectivity index (χ4v) is 5.56. The van der Waals surface area contributed by atoms with Gasteiger partial charge in [0.1, 0.15) is 5.71 Å². The Morgan fingerprint density at radius 1 is 0.927 bits per heavy atom. The Kier molecular flexibility index (Phi) is 8.13. The van der Waals surface area contributed by atoms with E-state index in [-0.39, 0.29) is 18.7 Å². The number of carbonyl (C=O) groups excluding carboxylic acids is 1. The molecule has 0 bridgehead atoms. The first-order valence-electron chi connectivity index (χ1n) is 14.2. The minimum absolute atomic E-state index is 0.107. The van der Waals surface area contributed by atoms with Crippen molar-refractivity contribution in [1.82, 2.24) is 19.8 Å². The van der Waals surface area contributed by atoms with Gasteiger partial charge in [-0.2, -0.15) is 0 Å². The van der Waals surface area contributed by atoms with Gasteiger partial charge in [0, 0.05) is 82.2 Å². The average molecular weight is 561 g/mol. The van der Waals surface area contributed by atoms with E-state index >= 15 is 0 Å². The molecule has 8 nitrogen and oxygen atoms in total. The van der Waals surface area contributed by atoms with Crippen LogP contribution in [0.3, 0.4) is 0 Å². The van der Waals surface area contributed by atoms with E-state index in [2.05, 4.69) is 25.2 Å². The Morgan fingerprint density at radius 3 is 2.51 bits per heavy atom. The summed E-state index contributed by atoms with van der Waals surface area (Å²) in [7, 11) is 0. The molecule has 0 saturated carbocycles. The van der Waals surface area contributed by atoms with Crippen molar-refractivity contribution in [3.8, 4) is 11.1 Å². The molecular weight excluding hydrogens is 526 g/mol. The van der Waals surface area contributed by atoms with Gasteiger partial charge in [-0.05, 0) is 47.4 Å². The summed E-state index contributed by atoms with van der Waals surface area (Å²) in [5.74, 6) is -2.83. The second-order valence-corrected chi connectivity index (χ2v) is 10.9. The molecule has 3 aromatic rings. The van der Waals surface area contributed by atoms with Crippen LogP contribution in [-0.2, 0) is 29.0 Å². The van der Waals surface area contributed by atoms with Crippen molar-refractivity contribution in [2.24, 2.45) is 4.99 Å². The predicted molar refractivity (Wildman–Crippen MR) is 153 cm³/mol. The van der Waals surface area contributed by atoms with E-state index in [4.69, 9.17) is 4.74 Å². The molecule has 41 heavy (non-hydrogen) atoms. The summed E-state index contributed by atoms with van der Waals surface area (Å²) in [5.41, 5.74) is 6.68. The van der Waals surface area contributed by atoms with Gasteiger partial charge in [0.05, 0.1) is 30.8 Å². The minimum atomic E-state index is -2.56. The number of aromatic nitrogens is 2. The lowest BCUT2D eigenvalue weighted by atomic mass is 9.92. The standard InChI is InChI=1S/C31H34F2N6O2/c32-31(33)6-9-38(10-7-31)20-22-15-25(18-34-17-22)24-2-1-23-5-8-35-29(28(23)16-24)30(40)37-26-3-4-27(36-19-26)21-39-11-13-41-14-12-39/h1-4,15-19H,5-14,20-21H2,(H,37,40). The second-order valence-electron chi connectivity index (χ2n) is 10.9. The summed E-state index contributed by atoms with van der Waals surface area (Å²) in [6.45, 7) is 5.89. The quantitative estimate of drug-likeness (QED) is 0.467. The highest BCUT2D eigenvalue weighted by Crippen LogP contribution is 2.30. The normalized spacial score (nSPS) is 19.3. The lowest BCUT2D eigenvalue weighted by Crippen LogP contribution is -2.38. The van der Waals surface area contributed by atoms with Crippen LogP contribution in [0.25, 0.3) is 11.1 Å². The molecule has 0 atom stereocenters. The van der Waals surface area contributed by atoms with E-state index in [1.807, 2.05) is 41.3 Å². The molecular formula is C31H34F2N6O2. The number of pyridine rings is 2. The first kappa shape index (κ1) is 27.6. The van der Waals surface area contributed by atoms with Crippen LogP contribution < -0.4 is 5.32 Å². The Morgan fingerprint density at radius 2 is 1.73 bits per heavy atom. The topological polar surface area (TPSA) is 83.0 Å². The molecule has 1 aromatic carbocycles. The summed E-state index contributed by atoms with van der Waals surface area (Å²) < 4.78 is 32.5. The van der Waals surface area contributed by atoms with Gasteiger partial charge in [-0.1, -0.05) is 12.1 Å². The fraction of sp³-hybridized carbons (Fsp3) is 0.419. The first-order chi connectivity index (χ1) is 19.9. The Hall–Kier alpha value is -3.60. The third-order valence-corrected chi connectivity index (χ3v) is 7.93. The lowest BCUT2D eigenvalue weighted by Gasteiger charge is -2.31. The number of aliphatic imine (C=N–C) groups is 1.